The summed E-state index contributed by atoms with van der Waals surface area (Å²) in [4.78, 5) is 36.1. The van der Waals surface area contributed by atoms with E-state index in [1.54, 1.807) is 29.3 Å². The largest absolute Gasteiger partial charge is 0.350 e. The first-order chi connectivity index (χ1) is 15.7. The number of hydrogen-bond donors (Lipinski definition) is 1. The van der Waals surface area contributed by atoms with E-state index in [4.69, 9.17) is 4.98 Å². The summed E-state index contributed by atoms with van der Waals surface area (Å²) in [5.74, 6) is 0.510. The van der Waals surface area contributed by atoms with Crippen LogP contribution in [0.3, 0.4) is 0 Å². The number of imidazole rings is 1. The van der Waals surface area contributed by atoms with Crippen molar-refractivity contribution in [1.82, 2.24) is 19.9 Å². The Balaban J connectivity index is 1.52. The number of para-hydroxylation sites is 3. The fraction of sp³-hybridized carbons (Fsp3) is 0.200. The van der Waals surface area contributed by atoms with Crippen molar-refractivity contribution < 1.29 is 9.59 Å². The number of carbonyl (C=O) groups is 2. The van der Waals surface area contributed by atoms with Crippen molar-refractivity contribution in [3.8, 4) is 0 Å². The van der Waals surface area contributed by atoms with Crippen molar-refractivity contribution in [1.29, 1.82) is 0 Å². The van der Waals surface area contributed by atoms with Gasteiger partial charge >= 0.3 is 0 Å². The van der Waals surface area contributed by atoms with Gasteiger partial charge in [0.1, 0.15) is 18.1 Å². The number of nitrogens with zero attached hydrogens (tertiary/aromatic N) is 4. The third kappa shape index (κ3) is 4.67. The zero-order valence-corrected chi connectivity index (χ0v) is 17.9. The van der Waals surface area contributed by atoms with Crippen LogP contribution in [0.4, 0.5) is 5.69 Å². The average molecular weight is 428 g/mol. The van der Waals surface area contributed by atoms with Crippen LogP contribution in [0.2, 0.25) is 0 Å². The molecule has 2 heterocycles. The molecule has 0 spiro atoms. The highest BCUT2D eigenvalue weighted by Gasteiger charge is 2.18. The van der Waals surface area contributed by atoms with Crippen LogP contribution in [0.15, 0.2) is 79.0 Å². The van der Waals surface area contributed by atoms with Crippen molar-refractivity contribution in [2.45, 2.75) is 19.9 Å². The van der Waals surface area contributed by atoms with Gasteiger partial charge in [-0.1, -0.05) is 36.4 Å². The minimum Gasteiger partial charge on any atom is -0.350 e. The summed E-state index contributed by atoms with van der Waals surface area (Å²) < 4.78 is 1.94. The predicted octanol–water partition coefficient (Wildman–Crippen LogP) is 3.46. The average Bonchev–Trinajstić information content (AvgIpc) is 3.18. The number of fused-ring (bicyclic) bond motifs is 1. The molecular formula is C25H25N5O2. The van der Waals surface area contributed by atoms with Crippen molar-refractivity contribution in [3.63, 3.8) is 0 Å². The Hall–Kier alpha value is -4.00. The second-order valence-electron chi connectivity index (χ2n) is 7.30. The monoisotopic (exact) mass is 427 g/mol. The third-order valence-electron chi connectivity index (χ3n) is 5.24. The maximum absolute atomic E-state index is 13.2. The topological polar surface area (TPSA) is 80.1 Å². The third-order valence-corrected chi connectivity index (χ3v) is 5.24. The minimum absolute atomic E-state index is 0.0133. The van der Waals surface area contributed by atoms with E-state index in [9.17, 15) is 9.59 Å². The second kappa shape index (κ2) is 9.87. The smallest absolute Gasteiger partial charge is 0.269 e. The number of aromatic nitrogens is 3. The summed E-state index contributed by atoms with van der Waals surface area (Å²) in [5.41, 5.74) is 2.97. The number of hydrogen-bond acceptors (Lipinski definition) is 4. The Bertz CT molecular complexity index is 1200. The molecule has 32 heavy (non-hydrogen) atoms. The molecule has 0 aliphatic carbocycles. The number of nitrogens with one attached hydrogen (secondary N) is 1. The number of benzene rings is 2. The molecule has 0 unspecified atom stereocenters. The highest BCUT2D eigenvalue weighted by Crippen LogP contribution is 2.19. The first-order valence-corrected chi connectivity index (χ1v) is 10.7. The molecule has 2 aromatic heterocycles. The van der Waals surface area contributed by atoms with Gasteiger partial charge in [0.15, 0.2) is 0 Å². The quantitative estimate of drug-likeness (QED) is 0.467. The van der Waals surface area contributed by atoms with Gasteiger partial charge in [0, 0.05) is 31.4 Å². The summed E-state index contributed by atoms with van der Waals surface area (Å²) in [5, 5.41) is 2.88. The van der Waals surface area contributed by atoms with Crippen LogP contribution in [0.1, 0.15) is 23.2 Å². The maximum Gasteiger partial charge on any atom is 0.269 e. The van der Waals surface area contributed by atoms with E-state index in [0.717, 1.165) is 22.5 Å². The van der Waals surface area contributed by atoms with Gasteiger partial charge in [0.2, 0.25) is 5.91 Å². The molecule has 2 aromatic carbocycles. The van der Waals surface area contributed by atoms with E-state index < -0.39 is 0 Å². The standard InChI is InChI=1S/C25H25N5O2/c1-2-29(19-10-4-3-5-11-19)24(31)18-30-22-14-7-6-12-20(22)28-23(30)15-17-27-25(32)21-13-8-9-16-26-21/h3-14,16H,2,15,17-18H2,1H3,(H,27,32). The molecule has 0 radical (unpaired) electrons. The first-order valence-electron chi connectivity index (χ1n) is 10.7. The van der Waals surface area contributed by atoms with Gasteiger partial charge in [-0.15, -0.1) is 0 Å². The van der Waals surface area contributed by atoms with Crippen molar-refractivity contribution >= 4 is 28.5 Å². The molecule has 0 fully saturated rings. The second-order valence-corrected chi connectivity index (χ2v) is 7.30. The highest BCUT2D eigenvalue weighted by molar-refractivity contribution is 5.94. The van der Waals surface area contributed by atoms with Crippen LogP contribution < -0.4 is 10.2 Å². The molecule has 4 rings (SSSR count). The maximum atomic E-state index is 13.2. The SMILES string of the molecule is CCN(C(=O)Cn1c(CCNC(=O)c2ccccn2)nc2ccccc21)c1ccccc1. The molecule has 0 aliphatic heterocycles. The van der Waals surface area contributed by atoms with Crippen molar-refractivity contribution in [2.75, 3.05) is 18.0 Å². The van der Waals surface area contributed by atoms with Crippen LogP contribution in [0.25, 0.3) is 11.0 Å². The van der Waals surface area contributed by atoms with Gasteiger partial charge in [0.05, 0.1) is 11.0 Å². The van der Waals surface area contributed by atoms with E-state index in [2.05, 4.69) is 10.3 Å². The molecule has 0 saturated carbocycles. The van der Waals surface area contributed by atoms with Gasteiger partial charge in [-0.25, -0.2) is 4.98 Å². The van der Waals surface area contributed by atoms with E-state index in [0.29, 0.717) is 25.2 Å². The van der Waals surface area contributed by atoms with Gasteiger partial charge in [-0.2, -0.15) is 0 Å². The summed E-state index contributed by atoms with van der Waals surface area (Å²) in [6.07, 6.45) is 2.09. The number of carbonyl (C=O) groups excluding carboxylic acids is 2. The summed E-state index contributed by atoms with van der Waals surface area (Å²) >= 11 is 0. The Labute approximate surface area is 186 Å². The Kier molecular flexibility index (Phi) is 6.55. The number of pyridine rings is 1. The first kappa shape index (κ1) is 21.2. The molecule has 1 N–H and O–H groups in total. The molecule has 0 bridgehead atoms. The Morgan fingerprint density at radius 2 is 1.72 bits per heavy atom. The van der Waals surface area contributed by atoms with Crippen molar-refractivity contribution in [2.24, 2.45) is 0 Å². The van der Waals surface area contributed by atoms with Crippen LogP contribution in [-0.4, -0.2) is 39.4 Å². The molecule has 162 valence electrons. The molecule has 0 saturated heterocycles. The number of amides is 2. The molecule has 0 aliphatic rings. The summed E-state index contributed by atoms with van der Waals surface area (Å²) in [6, 6.07) is 22.6. The molecule has 7 heteroatoms. The Morgan fingerprint density at radius 3 is 2.47 bits per heavy atom. The zero-order valence-electron chi connectivity index (χ0n) is 17.9. The van der Waals surface area contributed by atoms with Gasteiger partial charge in [-0.05, 0) is 43.3 Å². The number of anilines is 1. The molecule has 4 aromatic rings. The zero-order chi connectivity index (χ0) is 22.3. The molecular weight excluding hydrogens is 402 g/mol. The van der Waals surface area contributed by atoms with Crippen LogP contribution >= 0.6 is 0 Å². The van der Waals surface area contributed by atoms with Gasteiger partial charge in [-0.3, -0.25) is 14.6 Å². The van der Waals surface area contributed by atoms with Gasteiger partial charge < -0.3 is 14.8 Å². The normalized spacial score (nSPS) is 10.8. The van der Waals surface area contributed by atoms with Gasteiger partial charge in [0.25, 0.3) is 5.91 Å². The fourth-order valence-corrected chi connectivity index (χ4v) is 3.70. The van der Waals surface area contributed by atoms with Crippen LogP contribution in [0, 0.1) is 0 Å². The summed E-state index contributed by atoms with van der Waals surface area (Å²) in [6.45, 7) is 3.10. The Morgan fingerprint density at radius 1 is 0.969 bits per heavy atom. The lowest BCUT2D eigenvalue weighted by Crippen LogP contribution is -2.34. The molecule has 0 atom stereocenters. The lowest BCUT2D eigenvalue weighted by Gasteiger charge is -2.22. The number of likely N-dealkylation sites (N-methyl/N-ethyl adjacent to an activating group) is 1. The predicted molar refractivity (Wildman–Crippen MR) is 124 cm³/mol. The lowest BCUT2D eigenvalue weighted by molar-refractivity contribution is -0.119. The fourth-order valence-electron chi connectivity index (χ4n) is 3.70. The molecule has 7 nitrogen and oxygen atoms in total. The molecule has 2 amide bonds. The van der Waals surface area contributed by atoms with Crippen molar-refractivity contribution in [3.05, 3.63) is 90.5 Å². The number of rotatable bonds is 8. The lowest BCUT2D eigenvalue weighted by atomic mass is 10.2. The van der Waals surface area contributed by atoms with Crippen LogP contribution in [0.5, 0.6) is 0 Å². The van der Waals surface area contributed by atoms with E-state index in [1.165, 1.54) is 0 Å². The highest BCUT2D eigenvalue weighted by atomic mass is 16.2. The van der Waals surface area contributed by atoms with E-state index in [-0.39, 0.29) is 18.4 Å². The summed E-state index contributed by atoms with van der Waals surface area (Å²) in [7, 11) is 0. The minimum atomic E-state index is -0.231. The van der Waals surface area contributed by atoms with Crippen LogP contribution in [-0.2, 0) is 17.8 Å². The van der Waals surface area contributed by atoms with E-state index >= 15 is 0 Å². The van der Waals surface area contributed by atoms with E-state index in [1.807, 2.05) is 66.1 Å².